The molecule has 1 amide bonds. The third-order valence-electron chi connectivity index (χ3n) is 3.49. The molecule has 6 nitrogen and oxygen atoms in total. The highest BCUT2D eigenvalue weighted by atomic mass is 16.5. The summed E-state index contributed by atoms with van der Waals surface area (Å²) in [6.45, 7) is 4.34. The van der Waals surface area contributed by atoms with Gasteiger partial charge in [0.05, 0.1) is 6.61 Å². The van der Waals surface area contributed by atoms with Crippen molar-refractivity contribution in [2.45, 2.75) is 84.1 Å². The van der Waals surface area contributed by atoms with Gasteiger partial charge in [0.2, 0.25) is 5.91 Å². The first kappa shape index (κ1) is 21.4. The summed E-state index contributed by atoms with van der Waals surface area (Å²) in [5.74, 6) is -1.79. The molecule has 0 aromatic carbocycles. The fraction of sp³-hybridized carbons (Fsp3) is 0.824. The van der Waals surface area contributed by atoms with E-state index < -0.39 is 18.0 Å². The average molecular weight is 329 g/mol. The molecule has 0 aliphatic carbocycles. The van der Waals surface area contributed by atoms with Crippen molar-refractivity contribution in [3.8, 4) is 0 Å². The highest BCUT2D eigenvalue weighted by Crippen LogP contribution is 2.06. The number of carbonyl (C=O) groups is 3. The van der Waals surface area contributed by atoms with E-state index in [1.54, 1.807) is 0 Å². The zero-order chi connectivity index (χ0) is 17.5. The molecule has 0 bridgehead atoms. The molecule has 23 heavy (non-hydrogen) atoms. The van der Waals surface area contributed by atoms with E-state index in [0.717, 1.165) is 19.3 Å². The Labute approximate surface area is 139 Å². The molecular formula is C17H31NO5. The SMILES string of the molecule is CCCCCCCCOC(=O)[C@H](CCC(=O)O)NC(=O)CCC. The highest BCUT2D eigenvalue weighted by Gasteiger charge is 2.22. The van der Waals surface area contributed by atoms with Gasteiger partial charge in [0.25, 0.3) is 0 Å². The lowest BCUT2D eigenvalue weighted by Gasteiger charge is -2.17. The first-order valence-electron chi connectivity index (χ1n) is 8.69. The van der Waals surface area contributed by atoms with E-state index in [2.05, 4.69) is 12.2 Å². The number of esters is 1. The van der Waals surface area contributed by atoms with Crippen molar-refractivity contribution >= 4 is 17.8 Å². The molecule has 0 aromatic heterocycles. The van der Waals surface area contributed by atoms with Gasteiger partial charge >= 0.3 is 11.9 Å². The van der Waals surface area contributed by atoms with Gasteiger partial charge in [-0.3, -0.25) is 9.59 Å². The van der Waals surface area contributed by atoms with Crippen molar-refractivity contribution < 1.29 is 24.2 Å². The number of nitrogens with one attached hydrogen (secondary N) is 1. The molecule has 0 radical (unpaired) electrons. The van der Waals surface area contributed by atoms with Crippen molar-refractivity contribution in [3.63, 3.8) is 0 Å². The van der Waals surface area contributed by atoms with Crippen LogP contribution in [0.1, 0.15) is 78.1 Å². The first-order valence-corrected chi connectivity index (χ1v) is 8.69. The molecule has 0 heterocycles. The number of carboxylic acid groups (broad SMARTS) is 1. The van der Waals surface area contributed by atoms with E-state index in [0.29, 0.717) is 19.4 Å². The van der Waals surface area contributed by atoms with Crippen molar-refractivity contribution in [1.29, 1.82) is 0 Å². The Hall–Kier alpha value is -1.59. The molecule has 2 N–H and O–H groups in total. The molecule has 0 rings (SSSR count). The van der Waals surface area contributed by atoms with Gasteiger partial charge in [-0.25, -0.2) is 4.79 Å². The van der Waals surface area contributed by atoms with Crippen LogP contribution in [0.4, 0.5) is 0 Å². The lowest BCUT2D eigenvalue weighted by Crippen LogP contribution is -2.42. The van der Waals surface area contributed by atoms with E-state index in [4.69, 9.17) is 9.84 Å². The second kappa shape index (κ2) is 14.0. The molecule has 0 aromatic rings. The quantitative estimate of drug-likeness (QED) is 0.377. The minimum Gasteiger partial charge on any atom is -0.481 e. The molecule has 1 atom stereocenters. The van der Waals surface area contributed by atoms with Crippen LogP contribution in [-0.4, -0.2) is 35.6 Å². The maximum atomic E-state index is 12.0. The van der Waals surface area contributed by atoms with Gasteiger partial charge in [-0.2, -0.15) is 0 Å². The Morgan fingerprint density at radius 1 is 0.957 bits per heavy atom. The summed E-state index contributed by atoms with van der Waals surface area (Å²) in [5.41, 5.74) is 0. The Bertz CT molecular complexity index is 357. The van der Waals surface area contributed by atoms with Gasteiger partial charge in [-0.15, -0.1) is 0 Å². The zero-order valence-corrected chi connectivity index (χ0v) is 14.4. The predicted molar refractivity (Wildman–Crippen MR) is 88.0 cm³/mol. The maximum Gasteiger partial charge on any atom is 0.328 e. The molecule has 0 unspecified atom stereocenters. The first-order chi connectivity index (χ1) is 11.0. The van der Waals surface area contributed by atoms with Crippen LogP contribution in [0, 0.1) is 0 Å². The van der Waals surface area contributed by atoms with Crippen LogP contribution >= 0.6 is 0 Å². The fourth-order valence-electron chi connectivity index (χ4n) is 2.17. The van der Waals surface area contributed by atoms with E-state index in [1.807, 2.05) is 6.92 Å². The van der Waals surface area contributed by atoms with E-state index in [9.17, 15) is 14.4 Å². The predicted octanol–water partition coefficient (Wildman–Crippen LogP) is 3.04. The number of amides is 1. The fourth-order valence-corrected chi connectivity index (χ4v) is 2.17. The standard InChI is InChI=1S/C17H31NO5/c1-3-5-6-7-8-9-13-23-17(22)14(11-12-16(20)21)18-15(19)10-4-2/h14H,3-13H2,1-2H3,(H,18,19)(H,20,21)/t14-/m0/s1. The summed E-state index contributed by atoms with van der Waals surface area (Å²) in [5, 5.41) is 11.3. The molecule has 0 aliphatic rings. The lowest BCUT2D eigenvalue weighted by atomic mass is 10.1. The highest BCUT2D eigenvalue weighted by molar-refractivity contribution is 5.84. The van der Waals surface area contributed by atoms with Gasteiger partial charge in [-0.05, 0) is 19.3 Å². The molecule has 6 heteroatoms. The Morgan fingerprint density at radius 2 is 1.61 bits per heavy atom. The van der Waals surface area contributed by atoms with Crippen LogP contribution in [-0.2, 0) is 19.1 Å². The Kier molecular flexibility index (Phi) is 13.1. The number of unbranched alkanes of at least 4 members (excludes halogenated alkanes) is 5. The molecule has 0 saturated heterocycles. The normalized spacial score (nSPS) is 11.7. The van der Waals surface area contributed by atoms with Crippen molar-refractivity contribution in [3.05, 3.63) is 0 Å². The van der Waals surface area contributed by atoms with Gasteiger partial charge in [0.15, 0.2) is 0 Å². The summed E-state index contributed by atoms with van der Waals surface area (Å²) in [6.07, 6.45) is 7.40. The van der Waals surface area contributed by atoms with Crippen LogP contribution in [0.3, 0.4) is 0 Å². The molecule has 0 spiro atoms. The van der Waals surface area contributed by atoms with Gasteiger partial charge in [-0.1, -0.05) is 46.0 Å². The number of aliphatic carboxylic acids is 1. The Morgan fingerprint density at radius 3 is 2.22 bits per heavy atom. The number of ether oxygens (including phenoxy) is 1. The lowest BCUT2D eigenvalue weighted by molar-refractivity contribution is -0.148. The second-order valence-electron chi connectivity index (χ2n) is 5.74. The van der Waals surface area contributed by atoms with Crippen molar-refractivity contribution in [1.82, 2.24) is 5.32 Å². The van der Waals surface area contributed by atoms with Crippen LogP contribution in [0.15, 0.2) is 0 Å². The number of rotatable bonds is 14. The van der Waals surface area contributed by atoms with Crippen LogP contribution in [0.25, 0.3) is 0 Å². The van der Waals surface area contributed by atoms with E-state index >= 15 is 0 Å². The van der Waals surface area contributed by atoms with E-state index in [1.165, 1.54) is 19.3 Å². The monoisotopic (exact) mass is 329 g/mol. The maximum absolute atomic E-state index is 12.0. The van der Waals surface area contributed by atoms with Crippen LogP contribution in [0.2, 0.25) is 0 Å². The Balaban J connectivity index is 4.11. The zero-order valence-electron chi connectivity index (χ0n) is 14.4. The largest absolute Gasteiger partial charge is 0.481 e. The summed E-state index contributed by atoms with van der Waals surface area (Å²) >= 11 is 0. The molecule has 134 valence electrons. The van der Waals surface area contributed by atoms with Crippen LogP contribution < -0.4 is 5.32 Å². The van der Waals surface area contributed by atoms with Crippen LogP contribution in [0.5, 0.6) is 0 Å². The minimum absolute atomic E-state index is 0.0557. The van der Waals surface area contributed by atoms with Gasteiger partial charge in [0.1, 0.15) is 6.04 Å². The van der Waals surface area contributed by atoms with E-state index in [-0.39, 0.29) is 18.7 Å². The third kappa shape index (κ3) is 12.6. The molecule has 0 saturated carbocycles. The second-order valence-corrected chi connectivity index (χ2v) is 5.74. The topological polar surface area (TPSA) is 92.7 Å². The van der Waals surface area contributed by atoms with Crippen molar-refractivity contribution in [2.24, 2.45) is 0 Å². The molecule has 0 aliphatic heterocycles. The number of carboxylic acids is 1. The summed E-state index contributed by atoms with van der Waals surface area (Å²) < 4.78 is 5.18. The smallest absolute Gasteiger partial charge is 0.328 e. The number of hydrogen-bond donors (Lipinski definition) is 2. The minimum atomic E-state index is -0.997. The van der Waals surface area contributed by atoms with Gasteiger partial charge < -0.3 is 15.2 Å². The summed E-state index contributed by atoms with van der Waals surface area (Å²) in [4.78, 5) is 34.3. The van der Waals surface area contributed by atoms with Crippen molar-refractivity contribution in [2.75, 3.05) is 6.61 Å². The molecular weight excluding hydrogens is 298 g/mol. The number of hydrogen-bond acceptors (Lipinski definition) is 4. The average Bonchev–Trinajstić information content (AvgIpc) is 2.50. The summed E-state index contributed by atoms with van der Waals surface area (Å²) in [7, 11) is 0. The third-order valence-corrected chi connectivity index (χ3v) is 3.49. The van der Waals surface area contributed by atoms with Gasteiger partial charge in [0, 0.05) is 12.8 Å². The summed E-state index contributed by atoms with van der Waals surface area (Å²) in [6, 6.07) is -0.870. The molecule has 0 fully saturated rings. The number of carbonyl (C=O) groups excluding carboxylic acids is 2.